The summed E-state index contributed by atoms with van der Waals surface area (Å²) in [4.78, 5) is 4.21. The Morgan fingerprint density at radius 3 is 2.14 bits per heavy atom. The van der Waals surface area contributed by atoms with Gasteiger partial charge in [-0.3, -0.25) is 4.99 Å². The van der Waals surface area contributed by atoms with Gasteiger partial charge in [-0.1, -0.05) is 23.2 Å². The number of halogens is 2. The highest BCUT2D eigenvalue weighted by molar-refractivity contribution is 6.35. The maximum atomic E-state index is 5.84. The molecule has 0 aliphatic carbocycles. The van der Waals surface area contributed by atoms with Gasteiger partial charge < -0.3 is 5.73 Å². The predicted octanol–water partition coefficient (Wildman–Crippen LogP) is 3.11. The molecule has 2 N–H and O–H groups in total. The van der Waals surface area contributed by atoms with Gasteiger partial charge in [-0.25, -0.2) is 0 Å². The molecule has 0 saturated heterocycles. The largest absolute Gasteiger partial charge is 0.383 e. The van der Waals surface area contributed by atoms with E-state index < -0.39 is 0 Å². The van der Waals surface area contributed by atoms with Crippen molar-refractivity contribution in [1.82, 2.24) is 0 Å². The molecule has 0 bridgehead atoms. The fraction of sp³-hybridized carbons (Fsp3) is 0.300. The number of hydrogen-bond acceptors (Lipinski definition) is 1. The first-order valence-corrected chi connectivity index (χ1v) is 5.04. The minimum atomic E-state index is 0.160. The average Bonchev–Trinajstić information content (AvgIpc) is 2.00. The van der Waals surface area contributed by atoms with Crippen LogP contribution in [0.4, 0.5) is 0 Å². The molecule has 0 radical (unpaired) electrons. The summed E-state index contributed by atoms with van der Waals surface area (Å²) in [5.41, 5.74) is 6.53. The van der Waals surface area contributed by atoms with Gasteiger partial charge in [-0.15, -0.1) is 0 Å². The van der Waals surface area contributed by atoms with Crippen LogP contribution in [0.5, 0.6) is 0 Å². The zero-order valence-electron chi connectivity index (χ0n) is 8.09. The van der Waals surface area contributed by atoms with Crippen molar-refractivity contribution in [1.29, 1.82) is 0 Å². The van der Waals surface area contributed by atoms with Crippen LogP contribution in [-0.2, 0) is 0 Å². The summed E-state index contributed by atoms with van der Waals surface area (Å²) in [7, 11) is 0. The van der Waals surface area contributed by atoms with Crippen LogP contribution < -0.4 is 5.73 Å². The number of nitrogens with zero attached hydrogens (tertiary/aromatic N) is 1. The third-order valence-corrected chi connectivity index (χ3v) is 1.99. The van der Waals surface area contributed by atoms with Crippen molar-refractivity contribution in [3.63, 3.8) is 0 Å². The third kappa shape index (κ3) is 3.20. The molecule has 0 aromatic heterocycles. The molecule has 0 saturated carbocycles. The predicted molar refractivity (Wildman–Crippen MR) is 62.3 cm³/mol. The van der Waals surface area contributed by atoms with Crippen LogP contribution in [-0.4, -0.2) is 11.9 Å². The Morgan fingerprint density at radius 2 is 1.71 bits per heavy atom. The summed E-state index contributed by atoms with van der Waals surface area (Å²) in [6, 6.07) is 5.31. The van der Waals surface area contributed by atoms with Crippen LogP contribution in [0.2, 0.25) is 10.0 Å². The Kier molecular flexibility index (Phi) is 3.78. The molecule has 4 heteroatoms. The molecule has 0 amide bonds. The Morgan fingerprint density at radius 1 is 1.21 bits per heavy atom. The second-order valence-electron chi connectivity index (χ2n) is 3.27. The molecule has 1 rings (SSSR count). The van der Waals surface area contributed by atoms with Crippen molar-refractivity contribution in [2.24, 2.45) is 10.7 Å². The minimum Gasteiger partial charge on any atom is -0.383 e. The summed E-state index contributed by atoms with van der Waals surface area (Å²) in [5.74, 6) is 0.462. The van der Waals surface area contributed by atoms with E-state index in [-0.39, 0.29) is 6.04 Å². The van der Waals surface area contributed by atoms with Crippen molar-refractivity contribution < 1.29 is 0 Å². The van der Waals surface area contributed by atoms with Gasteiger partial charge in [0.15, 0.2) is 0 Å². The smallest absolute Gasteiger partial charge is 0.125 e. The van der Waals surface area contributed by atoms with Crippen LogP contribution in [0.1, 0.15) is 19.4 Å². The van der Waals surface area contributed by atoms with Crippen molar-refractivity contribution in [2.45, 2.75) is 19.9 Å². The molecule has 0 heterocycles. The molecule has 1 aromatic rings. The summed E-state index contributed by atoms with van der Waals surface area (Å²) in [6.07, 6.45) is 0. The molecule has 0 aliphatic heterocycles. The third-order valence-electron chi connectivity index (χ3n) is 1.56. The highest BCUT2D eigenvalue weighted by Gasteiger charge is 2.02. The van der Waals surface area contributed by atoms with Crippen molar-refractivity contribution in [2.75, 3.05) is 0 Å². The van der Waals surface area contributed by atoms with Gasteiger partial charge in [0.2, 0.25) is 0 Å². The summed E-state index contributed by atoms with van der Waals surface area (Å²) < 4.78 is 0. The normalized spacial score (nSPS) is 12.2. The number of amidine groups is 1. The Bertz CT molecular complexity index is 339. The van der Waals surface area contributed by atoms with Gasteiger partial charge >= 0.3 is 0 Å². The SMILES string of the molecule is CC(C)N=C(N)c1cc(Cl)cc(Cl)c1. The molecular formula is C10H12Cl2N2. The first-order chi connectivity index (χ1) is 6.49. The fourth-order valence-electron chi connectivity index (χ4n) is 1.05. The highest BCUT2D eigenvalue weighted by atomic mass is 35.5. The van der Waals surface area contributed by atoms with Gasteiger partial charge in [0.1, 0.15) is 5.84 Å². The van der Waals surface area contributed by atoms with Gasteiger partial charge in [-0.2, -0.15) is 0 Å². The van der Waals surface area contributed by atoms with Crippen LogP contribution in [0.3, 0.4) is 0 Å². The van der Waals surface area contributed by atoms with Gasteiger partial charge in [-0.05, 0) is 32.0 Å². The van der Waals surface area contributed by atoms with E-state index in [4.69, 9.17) is 28.9 Å². The van der Waals surface area contributed by atoms with Crippen LogP contribution in [0.25, 0.3) is 0 Å². The minimum absolute atomic E-state index is 0.160. The number of rotatable bonds is 2. The monoisotopic (exact) mass is 230 g/mol. The van der Waals surface area contributed by atoms with E-state index in [2.05, 4.69) is 4.99 Å². The number of hydrogen-bond donors (Lipinski definition) is 1. The van der Waals surface area contributed by atoms with Crippen molar-refractivity contribution in [3.05, 3.63) is 33.8 Å². The Hall–Kier alpha value is -0.730. The zero-order chi connectivity index (χ0) is 10.7. The fourth-order valence-corrected chi connectivity index (χ4v) is 1.58. The zero-order valence-corrected chi connectivity index (χ0v) is 9.60. The lowest BCUT2D eigenvalue weighted by Gasteiger charge is -2.04. The Balaban J connectivity index is 3.07. The maximum absolute atomic E-state index is 5.84. The highest BCUT2D eigenvalue weighted by Crippen LogP contribution is 2.18. The van der Waals surface area contributed by atoms with E-state index in [1.54, 1.807) is 18.2 Å². The van der Waals surface area contributed by atoms with Crippen molar-refractivity contribution >= 4 is 29.0 Å². The number of nitrogens with two attached hydrogens (primary N) is 1. The molecule has 2 nitrogen and oxygen atoms in total. The van der Waals surface area contributed by atoms with E-state index in [1.165, 1.54) is 0 Å². The number of benzene rings is 1. The molecule has 76 valence electrons. The lowest BCUT2D eigenvalue weighted by atomic mass is 10.2. The summed E-state index contributed by atoms with van der Waals surface area (Å²) in [6.45, 7) is 3.91. The quantitative estimate of drug-likeness (QED) is 0.616. The van der Waals surface area contributed by atoms with E-state index >= 15 is 0 Å². The van der Waals surface area contributed by atoms with E-state index in [0.717, 1.165) is 5.56 Å². The molecular weight excluding hydrogens is 219 g/mol. The van der Waals surface area contributed by atoms with E-state index in [9.17, 15) is 0 Å². The van der Waals surface area contributed by atoms with Crippen LogP contribution in [0.15, 0.2) is 23.2 Å². The second-order valence-corrected chi connectivity index (χ2v) is 4.14. The second kappa shape index (κ2) is 4.67. The molecule has 0 aliphatic rings. The molecule has 0 spiro atoms. The first-order valence-electron chi connectivity index (χ1n) is 4.29. The lowest BCUT2D eigenvalue weighted by molar-refractivity contribution is 0.834. The molecule has 14 heavy (non-hydrogen) atoms. The average molecular weight is 231 g/mol. The standard InChI is InChI=1S/C10H12Cl2N2/c1-6(2)14-10(13)7-3-8(11)5-9(12)4-7/h3-6H,1-2H3,(H2,13,14). The van der Waals surface area contributed by atoms with Crippen molar-refractivity contribution in [3.8, 4) is 0 Å². The molecule has 0 atom stereocenters. The maximum Gasteiger partial charge on any atom is 0.125 e. The lowest BCUT2D eigenvalue weighted by Crippen LogP contribution is -2.15. The first kappa shape index (κ1) is 11.3. The van der Waals surface area contributed by atoms with E-state index in [0.29, 0.717) is 15.9 Å². The van der Waals surface area contributed by atoms with Gasteiger partial charge in [0.25, 0.3) is 0 Å². The topological polar surface area (TPSA) is 38.4 Å². The number of aliphatic imine (C=N–C) groups is 1. The van der Waals surface area contributed by atoms with Crippen LogP contribution >= 0.6 is 23.2 Å². The Labute approximate surface area is 93.7 Å². The van der Waals surface area contributed by atoms with Gasteiger partial charge in [0, 0.05) is 21.7 Å². The molecule has 1 aromatic carbocycles. The summed E-state index contributed by atoms with van der Waals surface area (Å²) >= 11 is 11.7. The molecule has 0 fully saturated rings. The molecule has 0 unspecified atom stereocenters. The van der Waals surface area contributed by atoms with Gasteiger partial charge in [0.05, 0.1) is 0 Å². The summed E-state index contributed by atoms with van der Waals surface area (Å²) in [5, 5.41) is 1.13. The van der Waals surface area contributed by atoms with E-state index in [1.807, 2.05) is 13.8 Å². The van der Waals surface area contributed by atoms with Crippen LogP contribution in [0, 0.1) is 0 Å².